The highest BCUT2D eigenvalue weighted by Crippen LogP contribution is 2.43. The fourth-order valence-electron chi connectivity index (χ4n) is 2.70. The molecule has 1 aromatic carbocycles. The summed E-state index contributed by atoms with van der Waals surface area (Å²) in [5.74, 6) is 0. The SMILES string of the molecule is CC.Cc1cc(Br)c(N(C)C=O)c(C2(C)CCOCC2)c1. The molecule has 0 aromatic heterocycles. The number of amides is 1. The fraction of sp³-hybridized carbons (Fsp3) is 0.588. The Morgan fingerprint density at radius 3 is 2.38 bits per heavy atom. The van der Waals surface area contributed by atoms with E-state index in [0.717, 1.165) is 42.6 Å². The van der Waals surface area contributed by atoms with E-state index in [1.54, 1.807) is 11.9 Å². The number of ether oxygens (including phenoxy) is 1. The first-order valence-corrected chi connectivity index (χ1v) is 8.34. The smallest absolute Gasteiger partial charge is 0.213 e. The van der Waals surface area contributed by atoms with Crippen LogP contribution < -0.4 is 4.90 Å². The lowest BCUT2D eigenvalue weighted by Gasteiger charge is -2.37. The molecule has 21 heavy (non-hydrogen) atoms. The molecule has 2 rings (SSSR count). The summed E-state index contributed by atoms with van der Waals surface area (Å²) in [6.07, 6.45) is 2.84. The van der Waals surface area contributed by atoms with Crippen molar-refractivity contribution in [2.75, 3.05) is 25.2 Å². The van der Waals surface area contributed by atoms with Gasteiger partial charge in [0.05, 0.1) is 5.69 Å². The molecule has 0 bridgehead atoms. The standard InChI is InChI=1S/C15H20BrNO2.C2H6/c1-11-8-12(15(2)4-6-19-7-5-15)14(13(16)9-11)17(3)10-18;1-2/h8-10H,4-7H2,1-3H3;1-2H3. The lowest BCUT2D eigenvalue weighted by Crippen LogP contribution is -2.33. The minimum Gasteiger partial charge on any atom is -0.381 e. The molecule has 1 aliphatic rings. The van der Waals surface area contributed by atoms with Crippen LogP contribution in [0.25, 0.3) is 0 Å². The number of aryl methyl sites for hydroxylation is 1. The Bertz CT molecular complexity index is 482. The van der Waals surface area contributed by atoms with Crippen LogP contribution in [0.4, 0.5) is 5.69 Å². The number of carbonyl (C=O) groups excluding carboxylic acids is 1. The Hall–Kier alpha value is -0.870. The number of halogens is 1. The van der Waals surface area contributed by atoms with E-state index < -0.39 is 0 Å². The van der Waals surface area contributed by atoms with Crippen molar-refractivity contribution in [1.29, 1.82) is 0 Å². The van der Waals surface area contributed by atoms with Crippen molar-refractivity contribution in [1.82, 2.24) is 0 Å². The molecule has 0 N–H and O–H groups in total. The average molecular weight is 356 g/mol. The zero-order chi connectivity index (χ0) is 16.0. The molecule has 1 heterocycles. The molecule has 1 saturated heterocycles. The largest absolute Gasteiger partial charge is 0.381 e. The Kier molecular flexibility index (Phi) is 6.88. The van der Waals surface area contributed by atoms with Crippen molar-refractivity contribution in [3.8, 4) is 0 Å². The van der Waals surface area contributed by atoms with Gasteiger partial charge in [0.2, 0.25) is 6.41 Å². The summed E-state index contributed by atoms with van der Waals surface area (Å²) in [4.78, 5) is 12.8. The number of nitrogens with zero attached hydrogens (tertiary/aromatic N) is 1. The summed E-state index contributed by atoms with van der Waals surface area (Å²) in [6, 6.07) is 4.26. The van der Waals surface area contributed by atoms with E-state index >= 15 is 0 Å². The van der Waals surface area contributed by atoms with E-state index in [1.807, 2.05) is 13.8 Å². The van der Waals surface area contributed by atoms with E-state index in [1.165, 1.54) is 11.1 Å². The van der Waals surface area contributed by atoms with Gasteiger partial charge >= 0.3 is 0 Å². The minimum absolute atomic E-state index is 0.0688. The second-order valence-corrected chi connectivity index (χ2v) is 6.39. The van der Waals surface area contributed by atoms with Crippen LogP contribution in [-0.4, -0.2) is 26.7 Å². The molecule has 1 amide bonds. The van der Waals surface area contributed by atoms with Crippen LogP contribution in [0.15, 0.2) is 16.6 Å². The van der Waals surface area contributed by atoms with E-state index in [-0.39, 0.29) is 5.41 Å². The van der Waals surface area contributed by atoms with E-state index in [4.69, 9.17) is 4.74 Å². The van der Waals surface area contributed by atoms with Crippen molar-refractivity contribution >= 4 is 28.0 Å². The Morgan fingerprint density at radius 1 is 1.29 bits per heavy atom. The van der Waals surface area contributed by atoms with Gasteiger partial charge in [-0.3, -0.25) is 4.79 Å². The average Bonchev–Trinajstić information content (AvgIpc) is 2.48. The Morgan fingerprint density at radius 2 is 1.86 bits per heavy atom. The lowest BCUT2D eigenvalue weighted by molar-refractivity contribution is -0.107. The van der Waals surface area contributed by atoms with Gasteiger partial charge in [-0.1, -0.05) is 26.8 Å². The van der Waals surface area contributed by atoms with E-state index in [9.17, 15) is 4.79 Å². The first-order chi connectivity index (χ1) is 9.98. The van der Waals surface area contributed by atoms with Crippen LogP contribution in [0.3, 0.4) is 0 Å². The Labute approximate surface area is 136 Å². The molecular weight excluding hydrogens is 330 g/mol. The number of benzene rings is 1. The summed E-state index contributed by atoms with van der Waals surface area (Å²) >= 11 is 3.60. The maximum atomic E-state index is 11.2. The molecule has 118 valence electrons. The molecular formula is C17H26BrNO2. The quantitative estimate of drug-likeness (QED) is 0.749. The minimum atomic E-state index is 0.0688. The molecule has 4 heteroatoms. The summed E-state index contributed by atoms with van der Waals surface area (Å²) in [7, 11) is 1.80. The van der Waals surface area contributed by atoms with Crippen LogP contribution in [0.2, 0.25) is 0 Å². The lowest BCUT2D eigenvalue weighted by atomic mass is 9.75. The predicted octanol–water partition coefficient (Wildman–Crippen LogP) is 4.44. The first kappa shape index (κ1) is 18.2. The molecule has 0 unspecified atom stereocenters. The maximum Gasteiger partial charge on any atom is 0.213 e. The van der Waals surface area contributed by atoms with Gasteiger partial charge in [-0.25, -0.2) is 0 Å². The molecule has 1 aliphatic heterocycles. The van der Waals surface area contributed by atoms with Crippen LogP contribution in [0.1, 0.15) is 44.7 Å². The number of hydrogen-bond donors (Lipinski definition) is 0. The zero-order valence-electron chi connectivity index (χ0n) is 13.7. The molecule has 0 aliphatic carbocycles. The van der Waals surface area contributed by atoms with Crippen molar-refractivity contribution in [3.05, 3.63) is 27.7 Å². The topological polar surface area (TPSA) is 29.5 Å². The molecule has 3 nitrogen and oxygen atoms in total. The van der Waals surface area contributed by atoms with Crippen molar-refractivity contribution in [2.24, 2.45) is 0 Å². The predicted molar refractivity (Wildman–Crippen MR) is 92.1 cm³/mol. The van der Waals surface area contributed by atoms with Gasteiger partial charge < -0.3 is 9.64 Å². The van der Waals surface area contributed by atoms with Crippen molar-refractivity contribution < 1.29 is 9.53 Å². The number of carbonyl (C=O) groups is 1. The highest BCUT2D eigenvalue weighted by molar-refractivity contribution is 9.10. The number of anilines is 1. The van der Waals surface area contributed by atoms with Gasteiger partial charge in [0, 0.05) is 24.7 Å². The first-order valence-electron chi connectivity index (χ1n) is 7.54. The summed E-state index contributed by atoms with van der Waals surface area (Å²) < 4.78 is 6.46. The van der Waals surface area contributed by atoms with E-state index in [2.05, 4.69) is 41.9 Å². The summed E-state index contributed by atoms with van der Waals surface area (Å²) in [5.41, 5.74) is 3.49. The van der Waals surface area contributed by atoms with Crippen LogP contribution >= 0.6 is 15.9 Å². The van der Waals surface area contributed by atoms with Crippen LogP contribution in [0.5, 0.6) is 0 Å². The highest BCUT2D eigenvalue weighted by atomic mass is 79.9. The summed E-state index contributed by atoms with van der Waals surface area (Å²) in [6.45, 7) is 9.92. The second kappa shape index (κ2) is 7.95. The normalized spacial score (nSPS) is 16.7. The van der Waals surface area contributed by atoms with Crippen LogP contribution in [-0.2, 0) is 14.9 Å². The third-order valence-electron chi connectivity index (χ3n) is 3.97. The Balaban J connectivity index is 0.00000106. The van der Waals surface area contributed by atoms with Crippen LogP contribution in [0, 0.1) is 6.92 Å². The van der Waals surface area contributed by atoms with Gasteiger partial charge in [0.1, 0.15) is 0 Å². The number of rotatable bonds is 3. The summed E-state index contributed by atoms with van der Waals surface area (Å²) in [5, 5.41) is 0. The molecule has 0 atom stereocenters. The third-order valence-corrected chi connectivity index (χ3v) is 4.57. The third kappa shape index (κ3) is 4.07. The van der Waals surface area contributed by atoms with Gasteiger partial charge in [0.25, 0.3) is 0 Å². The van der Waals surface area contributed by atoms with Gasteiger partial charge in [-0.2, -0.15) is 0 Å². The molecule has 0 spiro atoms. The maximum absolute atomic E-state index is 11.2. The van der Waals surface area contributed by atoms with Gasteiger partial charge in [0.15, 0.2) is 0 Å². The fourth-order valence-corrected chi connectivity index (χ4v) is 3.55. The van der Waals surface area contributed by atoms with Gasteiger partial charge in [-0.05, 0) is 58.3 Å². The number of hydrogen-bond acceptors (Lipinski definition) is 2. The molecule has 1 aromatic rings. The van der Waals surface area contributed by atoms with Gasteiger partial charge in [-0.15, -0.1) is 0 Å². The van der Waals surface area contributed by atoms with Crippen molar-refractivity contribution in [2.45, 2.75) is 46.0 Å². The second-order valence-electron chi connectivity index (χ2n) is 5.53. The van der Waals surface area contributed by atoms with Crippen molar-refractivity contribution in [3.63, 3.8) is 0 Å². The molecule has 1 fully saturated rings. The highest BCUT2D eigenvalue weighted by Gasteiger charge is 2.33. The zero-order valence-corrected chi connectivity index (χ0v) is 15.3. The molecule has 0 saturated carbocycles. The molecule has 0 radical (unpaired) electrons. The monoisotopic (exact) mass is 355 g/mol. The van der Waals surface area contributed by atoms with E-state index in [0.29, 0.717) is 0 Å².